The third-order valence-electron chi connectivity index (χ3n) is 3.65. The maximum Gasteiger partial charge on any atom is 0.290 e. The molecule has 0 bridgehead atoms. The number of aromatic nitrogens is 2. The fraction of sp³-hybridized carbons (Fsp3) is 0.200. The number of para-hydroxylation sites is 1. The van der Waals surface area contributed by atoms with Gasteiger partial charge in [-0.2, -0.15) is 0 Å². The molecule has 0 radical (unpaired) electrons. The molecule has 1 aromatic heterocycles. The lowest BCUT2D eigenvalue weighted by Crippen LogP contribution is -2.26. The van der Waals surface area contributed by atoms with Crippen LogP contribution in [0.25, 0.3) is 0 Å². The van der Waals surface area contributed by atoms with E-state index in [0.29, 0.717) is 13.1 Å². The molecule has 27 heavy (non-hydrogen) atoms. The predicted molar refractivity (Wildman–Crippen MR) is 101 cm³/mol. The lowest BCUT2D eigenvalue weighted by molar-refractivity contribution is -0.122. The Balaban J connectivity index is 0.000000817. The minimum absolute atomic E-state index is 0.121. The van der Waals surface area contributed by atoms with Crippen LogP contribution in [0.15, 0.2) is 67.0 Å². The van der Waals surface area contributed by atoms with Gasteiger partial charge >= 0.3 is 0 Å². The zero-order valence-electron chi connectivity index (χ0n) is 14.9. The highest BCUT2D eigenvalue weighted by molar-refractivity contribution is 5.33. The number of aromatic amines is 1. The summed E-state index contributed by atoms with van der Waals surface area (Å²) in [4.78, 5) is 17.8. The van der Waals surface area contributed by atoms with Gasteiger partial charge in [-0.05, 0) is 29.8 Å². The second kappa shape index (κ2) is 11.5. The highest BCUT2D eigenvalue weighted by atomic mass is 16.5. The van der Waals surface area contributed by atoms with Crippen LogP contribution in [0.5, 0.6) is 11.5 Å². The highest BCUT2D eigenvalue weighted by Gasteiger charge is 2.08. The smallest absolute Gasteiger partial charge is 0.290 e. The molecule has 2 aromatic carbocycles. The van der Waals surface area contributed by atoms with Crippen molar-refractivity contribution < 1.29 is 19.7 Å². The number of benzene rings is 2. The van der Waals surface area contributed by atoms with Gasteiger partial charge in [-0.1, -0.05) is 30.3 Å². The first-order chi connectivity index (χ1) is 13.2. The molecule has 7 heteroatoms. The standard InChI is InChI=1S/C19H21N3O2.CH2O2/c23-13-12-22(15-19-20-10-11-21-19)14-16-6-8-18(9-7-16)24-17-4-2-1-3-5-17;2-1-3/h1-11,23H,12-15H2,(H,20,21);1H,(H,2,3). The van der Waals surface area contributed by atoms with E-state index < -0.39 is 0 Å². The number of aliphatic hydroxyl groups excluding tert-OH is 1. The van der Waals surface area contributed by atoms with Gasteiger partial charge in [0, 0.05) is 25.5 Å². The van der Waals surface area contributed by atoms with Crippen molar-refractivity contribution in [3.63, 3.8) is 0 Å². The molecule has 0 spiro atoms. The average molecular weight is 369 g/mol. The first-order valence-electron chi connectivity index (χ1n) is 8.46. The van der Waals surface area contributed by atoms with Crippen molar-refractivity contribution in [1.82, 2.24) is 14.9 Å². The van der Waals surface area contributed by atoms with Crippen molar-refractivity contribution in [2.75, 3.05) is 13.2 Å². The first-order valence-corrected chi connectivity index (χ1v) is 8.46. The number of carboxylic acid groups (broad SMARTS) is 1. The molecule has 0 aliphatic rings. The normalized spacial score (nSPS) is 10.1. The molecule has 3 N–H and O–H groups in total. The molecule has 0 aliphatic heterocycles. The molecule has 0 aliphatic carbocycles. The Labute approximate surface area is 157 Å². The predicted octanol–water partition coefficient (Wildman–Crippen LogP) is 2.90. The van der Waals surface area contributed by atoms with Crippen LogP contribution in [0, 0.1) is 0 Å². The largest absolute Gasteiger partial charge is 0.483 e. The monoisotopic (exact) mass is 369 g/mol. The molecule has 0 saturated carbocycles. The van der Waals surface area contributed by atoms with E-state index in [1.54, 1.807) is 6.20 Å². The third-order valence-corrected chi connectivity index (χ3v) is 3.65. The van der Waals surface area contributed by atoms with Crippen molar-refractivity contribution in [2.24, 2.45) is 0 Å². The number of hydrogen-bond donors (Lipinski definition) is 3. The van der Waals surface area contributed by atoms with E-state index >= 15 is 0 Å². The summed E-state index contributed by atoms with van der Waals surface area (Å²) in [5, 5.41) is 16.1. The average Bonchev–Trinajstić information content (AvgIpc) is 3.18. The van der Waals surface area contributed by atoms with Gasteiger partial charge in [0.25, 0.3) is 6.47 Å². The van der Waals surface area contributed by atoms with E-state index in [4.69, 9.17) is 14.6 Å². The van der Waals surface area contributed by atoms with Crippen LogP contribution in [0.2, 0.25) is 0 Å². The van der Waals surface area contributed by atoms with Crippen molar-refractivity contribution >= 4 is 6.47 Å². The summed E-state index contributed by atoms with van der Waals surface area (Å²) in [7, 11) is 0. The number of aliphatic hydroxyl groups is 1. The Morgan fingerprint density at radius 3 is 2.30 bits per heavy atom. The summed E-state index contributed by atoms with van der Waals surface area (Å²) in [6.45, 7) is 1.89. The third kappa shape index (κ3) is 7.31. The Morgan fingerprint density at radius 1 is 1.04 bits per heavy atom. The lowest BCUT2D eigenvalue weighted by Gasteiger charge is -2.20. The van der Waals surface area contributed by atoms with Crippen molar-refractivity contribution in [3.05, 3.63) is 78.4 Å². The number of H-pyrrole nitrogens is 1. The quantitative estimate of drug-likeness (QED) is 0.528. The van der Waals surface area contributed by atoms with E-state index in [2.05, 4.69) is 14.9 Å². The lowest BCUT2D eigenvalue weighted by atomic mass is 10.2. The number of nitrogens with one attached hydrogen (secondary N) is 1. The van der Waals surface area contributed by atoms with Crippen LogP contribution in [-0.4, -0.2) is 44.7 Å². The van der Waals surface area contributed by atoms with E-state index in [1.165, 1.54) is 0 Å². The summed E-state index contributed by atoms with van der Waals surface area (Å²) in [5.41, 5.74) is 1.16. The second-order valence-electron chi connectivity index (χ2n) is 5.63. The summed E-state index contributed by atoms with van der Waals surface area (Å²) in [6, 6.07) is 17.7. The van der Waals surface area contributed by atoms with Crippen LogP contribution in [0.3, 0.4) is 0 Å². The van der Waals surface area contributed by atoms with Crippen LogP contribution in [-0.2, 0) is 17.9 Å². The number of nitrogens with zero attached hydrogens (tertiary/aromatic N) is 2. The van der Waals surface area contributed by atoms with Crippen molar-refractivity contribution in [1.29, 1.82) is 0 Å². The molecular formula is C20H23N3O4. The number of ether oxygens (including phenoxy) is 1. The molecule has 0 unspecified atom stereocenters. The van der Waals surface area contributed by atoms with E-state index in [1.807, 2.05) is 60.8 Å². The molecule has 7 nitrogen and oxygen atoms in total. The molecule has 142 valence electrons. The van der Waals surface area contributed by atoms with Gasteiger partial charge < -0.3 is 19.9 Å². The summed E-state index contributed by atoms with van der Waals surface area (Å²) >= 11 is 0. The maximum atomic E-state index is 9.26. The maximum absolute atomic E-state index is 9.26. The molecule has 0 amide bonds. The SMILES string of the molecule is O=CO.OCCN(Cc1ccc(Oc2ccccc2)cc1)Cc1ncc[nH]1. The topological polar surface area (TPSA) is 98.7 Å². The van der Waals surface area contributed by atoms with Gasteiger partial charge in [-0.3, -0.25) is 9.69 Å². The minimum atomic E-state index is -0.250. The highest BCUT2D eigenvalue weighted by Crippen LogP contribution is 2.21. The van der Waals surface area contributed by atoms with Gasteiger partial charge in [-0.25, -0.2) is 4.98 Å². The molecule has 1 heterocycles. The Kier molecular flexibility index (Phi) is 8.55. The minimum Gasteiger partial charge on any atom is -0.483 e. The van der Waals surface area contributed by atoms with E-state index in [-0.39, 0.29) is 13.1 Å². The molecule has 3 rings (SSSR count). The van der Waals surface area contributed by atoms with Gasteiger partial charge in [-0.15, -0.1) is 0 Å². The zero-order valence-corrected chi connectivity index (χ0v) is 14.9. The van der Waals surface area contributed by atoms with Gasteiger partial charge in [0.15, 0.2) is 0 Å². The summed E-state index contributed by atoms with van der Waals surface area (Å²) in [5.74, 6) is 2.53. The zero-order chi connectivity index (χ0) is 19.3. The molecule has 0 saturated heterocycles. The fourth-order valence-corrected chi connectivity index (χ4v) is 2.50. The van der Waals surface area contributed by atoms with Crippen LogP contribution >= 0.6 is 0 Å². The number of rotatable bonds is 8. The van der Waals surface area contributed by atoms with Crippen molar-refractivity contribution in [2.45, 2.75) is 13.1 Å². The molecule has 3 aromatic rings. The number of hydrogen-bond acceptors (Lipinski definition) is 5. The molecule has 0 atom stereocenters. The van der Waals surface area contributed by atoms with Crippen molar-refractivity contribution in [3.8, 4) is 11.5 Å². The number of imidazole rings is 1. The van der Waals surface area contributed by atoms with Gasteiger partial charge in [0.2, 0.25) is 0 Å². The molecule has 0 fully saturated rings. The fourth-order valence-electron chi connectivity index (χ4n) is 2.50. The van der Waals surface area contributed by atoms with Crippen LogP contribution < -0.4 is 4.74 Å². The van der Waals surface area contributed by atoms with Gasteiger partial charge in [0.1, 0.15) is 17.3 Å². The first kappa shape index (κ1) is 20.2. The Hall–Kier alpha value is -3.16. The van der Waals surface area contributed by atoms with Gasteiger partial charge in [0.05, 0.1) is 13.2 Å². The summed E-state index contributed by atoms with van der Waals surface area (Å²) in [6.07, 6.45) is 3.55. The second-order valence-corrected chi connectivity index (χ2v) is 5.63. The Morgan fingerprint density at radius 2 is 1.70 bits per heavy atom. The number of carbonyl (C=O) groups is 1. The molecular weight excluding hydrogens is 346 g/mol. The van der Waals surface area contributed by atoms with Crippen LogP contribution in [0.4, 0.5) is 0 Å². The Bertz CT molecular complexity index is 762. The summed E-state index contributed by atoms with van der Waals surface area (Å²) < 4.78 is 5.80. The van der Waals surface area contributed by atoms with Crippen LogP contribution in [0.1, 0.15) is 11.4 Å². The van der Waals surface area contributed by atoms with E-state index in [9.17, 15) is 5.11 Å². The van der Waals surface area contributed by atoms with E-state index in [0.717, 1.165) is 29.4 Å².